The molecular formula is C19H19ClN4O2. The van der Waals surface area contributed by atoms with Crippen molar-refractivity contribution >= 4 is 28.8 Å². The lowest BCUT2D eigenvalue weighted by atomic mass is 10.1. The zero-order valence-electron chi connectivity index (χ0n) is 14.4. The first kappa shape index (κ1) is 16.9. The highest BCUT2D eigenvalue weighted by Gasteiger charge is 2.27. The molecule has 2 N–H and O–H groups in total. The molecule has 0 atom stereocenters. The van der Waals surface area contributed by atoms with E-state index in [4.69, 9.17) is 22.1 Å². The van der Waals surface area contributed by atoms with Gasteiger partial charge in [0.25, 0.3) is 5.91 Å². The maximum Gasteiger partial charge on any atom is 0.273 e. The van der Waals surface area contributed by atoms with E-state index in [1.807, 2.05) is 35.6 Å². The summed E-state index contributed by atoms with van der Waals surface area (Å²) in [5, 5.41) is 0.581. The second kappa shape index (κ2) is 6.63. The van der Waals surface area contributed by atoms with Crippen LogP contribution in [0.3, 0.4) is 0 Å². The zero-order valence-corrected chi connectivity index (χ0v) is 15.2. The van der Waals surface area contributed by atoms with E-state index in [2.05, 4.69) is 4.98 Å². The van der Waals surface area contributed by atoms with Gasteiger partial charge in [-0.05, 0) is 31.2 Å². The molecule has 0 bridgehead atoms. The fourth-order valence-corrected chi connectivity index (χ4v) is 3.51. The topological polar surface area (TPSA) is 72.9 Å². The van der Waals surface area contributed by atoms with Crippen molar-refractivity contribution in [3.63, 3.8) is 0 Å². The molecule has 0 saturated carbocycles. The highest BCUT2D eigenvalue weighted by atomic mass is 35.5. The minimum absolute atomic E-state index is 0.0833. The Hall–Kier alpha value is -2.57. The van der Waals surface area contributed by atoms with Gasteiger partial charge < -0.3 is 19.8 Å². The molecule has 3 heterocycles. The van der Waals surface area contributed by atoms with E-state index in [0.29, 0.717) is 48.5 Å². The van der Waals surface area contributed by atoms with E-state index in [1.54, 1.807) is 17.0 Å². The summed E-state index contributed by atoms with van der Waals surface area (Å²) in [6.45, 7) is 4.13. The summed E-state index contributed by atoms with van der Waals surface area (Å²) in [5.41, 5.74) is 9.63. The molecule has 1 aliphatic heterocycles. The number of ether oxygens (including phenoxy) is 1. The normalized spacial score (nSPS) is 14.8. The molecule has 2 aromatic heterocycles. The summed E-state index contributed by atoms with van der Waals surface area (Å²) in [4.78, 5) is 19.7. The number of rotatable bonds is 2. The minimum Gasteiger partial charge on any atom is -0.382 e. The fourth-order valence-electron chi connectivity index (χ4n) is 3.32. The van der Waals surface area contributed by atoms with Crippen LogP contribution in [-0.2, 0) is 4.74 Å². The van der Waals surface area contributed by atoms with E-state index < -0.39 is 0 Å². The lowest BCUT2D eigenvalue weighted by Crippen LogP contribution is -2.41. The molecule has 1 aromatic carbocycles. The SMILES string of the molecule is Cc1ccc2c(N)nc(-c3cccc(Cl)c3)c(C(=O)N3CCOCC3)n12. The smallest absolute Gasteiger partial charge is 0.273 e. The van der Waals surface area contributed by atoms with Crippen LogP contribution < -0.4 is 5.73 Å². The number of hydrogen-bond donors (Lipinski definition) is 1. The van der Waals surface area contributed by atoms with Gasteiger partial charge in [-0.15, -0.1) is 0 Å². The van der Waals surface area contributed by atoms with Gasteiger partial charge in [-0.3, -0.25) is 4.79 Å². The predicted octanol–water partition coefficient (Wildman–Crippen LogP) is 3.02. The average Bonchev–Trinajstić information content (AvgIpc) is 3.04. The van der Waals surface area contributed by atoms with E-state index in [0.717, 1.165) is 16.8 Å². The second-order valence-electron chi connectivity index (χ2n) is 6.30. The monoisotopic (exact) mass is 370 g/mol. The number of carbonyl (C=O) groups is 1. The van der Waals surface area contributed by atoms with E-state index in [9.17, 15) is 4.79 Å². The Morgan fingerprint density at radius 3 is 2.73 bits per heavy atom. The number of nitrogen functional groups attached to an aromatic ring is 1. The van der Waals surface area contributed by atoms with Crippen LogP contribution in [0.25, 0.3) is 16.8 Å². The van der Waals surface area contributed by atoms with Gasteiger partial charge in [0.2, 0.25) is 0 Å². The van der Waals surface area contributed by atoms with Crippen molar-refractivity contribution in [2.24, 2.45) is 0 Å². The Labute approximate surface area is 156 Å². The number of carbonyl (C=O) groups excluding carboxylic acids is 1. The molecule has 0 aliphatic carbocycles. The first-order valence-corrected chi connectivity index (χ1v) is 8.84. The molecule has 7 heteroatoms. The van der Waals surface area contributed by atoms with Crippen LogP contribution in [0.2, 0.25) is 5.02 Å². The van der Waals surface area contributed by atoms with Crippen molar-refractivity contribution < 1.29 is 9.53 Å². The molecule has 4 rings (SSSR count). The summed E-state index contributed by atoms with van der Waals surface area (Å²) in [6, 6.07) is 11.1. The largest absolute Gasteiger partial charge is 0.382 e. The quantitative estimate of drug-likeness (QED) is 0.752. The van der Waals surface area contributed by atoms with Gasteiger partial charge in [-0.25, -0.2) is 4.98 Å². The van der Waals surface area contributed by atoms with Gasteiger partial charge in [0.1, 0.15) is 17.2 Å². The summed E-state index contributed by atoms with van der Waals surface area (Å²) in [6.07, 6.45) is 0. The van der Waals surface area contributed by atoms with Gasteiger partial charge in [-0.1, -0.05) is 23.7 Å². The lowest BCUT2D eigenvalue weighted by molar-refractivity contribution is 0.0298. The van der Waals surface area contributed by atoms with Crippen LogP contribution in [0.15, 0.2) is 36.4 Å². The number of morpholine rings is 1. The van der Waals surface area contributed by atoms with Crippen LogP contribution >= 0.6 is 11.6 Å². The number of aromatic nitrogens is 2. The molecule has 1 saturated heterocycles. The van der Waals surface area contributed by atoms with Crippen molar-refractivity contribution in [2.75, 3.05) is 32.0 Å². The molecule has 0 spiro atoms. The molecule has 1 amide bonds. The van der Waals surface area contributed by atoms with E-state index >= 15 is 0 Å². The molecule has 3 aromatic rings. The second-order valence-corrected chi connectivity index (χ2v) is 6.74. The van der Waals surface area contributed by atoms with Crippen molar-refractivity contribution in [3.8, 4) is 11.3 Å². The van der Waals surface area contributed by atoms with Crippen molar-refractivity contribution in [1.82, 2.24) is 14.3 Å². The number of aryl methyl sites for hydroxylation is 1. The molecule has 26 heavy (non-hydrogen) atoms. The number of hydrogen-bond acceptors (Lipinski definition) is 4. The predicted molar refractivity (Wildman–Crippen MR) is 102 cm³/mol. The Bertz CT molecular complexity index is 993. The summed E-state index contributed by atoms with van der Waals surface area (Å²) in [5.74, 6) is 0.298. The van der Waals surface area contributed by atoms with E-state index in [1.165, 1.54) is 0 Å². The Morgan fingerprint density at radius 2 is 2.00 bits per heavy atom. The van der Waals surface area contributed by atoms with Crippen LogP contribution in [0, 0.1) is 6.92 Å². The fraction of sp³-hybridized carbons (Fsp3) is 0.263. The number of anilines is 1. The average molecular weight is 371 g/mol. The summed E-state index contributed by atoms with van der Waals surface area (Å²) >= 11 is 6.17. The molecule has 0 radical (unpaired) electrons. The highest BCUT2D eigenvalue weighted by Crippen LogP contribution is 2.30. The minimum atomic E-state index is -0.0833. The Morgan fingerprint density at radius 1 is 1.23 bits per heavy atom. The Kier molecular flexibility index (Phi) is 4.30. The lowest BCUT2D eigenvalue weighted by Gasteiger charge is -2.28. The van der Waals surface area contributed by atoms with Crippen LogP contribution in [0.5, 0.6) is 0 Å². The molecule has 1 fully saturated rings. The number of nitrogens with two attached hydrogens (primary N) is 1. The molecule has 0 unspecified atom stereocenters. The maximum absolute atomic E-state index is 13.4. The van der Waals surface area contributed by atoms with E-state index in [-0.39, 0.29) is 5.91 Å². The standard InChI is InChI=1S/C19H19ClN4O2/c1-12-5-6-15-18(21)22-16(13-3-2-4-14(20)11-13)17(24(12)15)19(25)23-7-9-26-10-8-23/h2-6,11H,7-10H2,1H3,(H2,21,22). The van der Waals surface area contributed by atoms with Crippen LogP contribution in [0.4, 0.5) is 5.82 Å². The molecule has 134 valence electrons. The molecular weight excluding hydrogens is 352 g/mol. The number of amides is 1. The number of halogens is 1. The number of benzene rings is 1. The zero-order chi connectivity index (χ0) is 18.3. The van der Waals surface area contributed by atoms with Crippen molar-refractivity contribution in [2.45, 2.75) is 6.92 Å². The van der Waals surface area contributed by atoms with Gasteiger partial charge in [0, 0.05) is 29.4 Å². The Balaban J connectivity index is 1.98. The maximum atomic E-state index is 13.4. The third-order valence-corrected chi connectivity index (χ3v) is 4.85. The van der Waals surface area contributed by atoms with Gasteiger partial charge in [0.05, 0.1) is 18.7 Å². The first-order chi connectivity index (χ1) is 12.6. The van der Waals surface area contributed by atoms with Gasteiger partial charge >= 0.3 is 0 Å². The number of nitrogens with zero attached hydrogens (tertiary/aromatic N) is 3. The summed E-state index contributed by atoms with van der Waals surface area (Å²) in [7, 11) is 0. The number of fused-ring (bicyclic) bond motifs is 1. The van der Waals surface area contributed by atoms with Crippen molar-refractivity contribution in [3.05, 3.63) is 52.8 Å². The first-order valence-electron chi connectivity index (χ1n) is 8.47. The molecule has 6 nitrogen and oxygen atoms in total. The third-order valence-electron chi connectivity index (χ3n) is 4.62. The third kappa shape index (κ3) is 2.81. The highest BCUT2D eigenvalue weighted by molar-refractivity contribution is 6.30. The van der Waals surface area contributed by atoms with Crippen molar-refractivity contribution in [1.29, 1.82) is 0 Å². The van der Waals surface area contributed by atoms with Gasteiger partial charge in [0.15, 0.2) is 0 Å². The van der Waals surface area contributed by atoms with Crippen LogP contribution in [-0.4, -0.2) is 46.5 Å². The van der Waals surface area contributed by atoms with Crippen LogP contribution in [0.1, 0.15) is 16.2 Å². The molecule has 1 aliphatic rings. The summed E-state index contributed by atoms with van der Waals surface area (Å²) < 4.78 is 7.26. The van der Waals surface area contributed by atoms with Gasteiger partial charge in [-0.2, -0.15) is 0 Å².